The van der Waals surface area contributed by atoms with E-state index in [1.165, 1.54) is 30.6 Å². The second-order valence-corrected chi connectivity index (χ2v) is 4.20. The molecule has 76 valence electrons. The molecule has 1 heterocycles. The lowest BCUT2D eigenvalue weighted by Gasteiger charge is -2.23. The van der Waals surface area contributed by atoms with Gasteiger partial charge in [-0.15, -0.1) is 0 Å². The Balaban J connectivity index is 2.16. The average Bonchev–Trinajstić information content (AvgIpc) is 2.65. The molecule has 1 saturated heterocycles. The van der Waals surface area contributed by atoms with E-state index in [0.717, 1.165) is 12.5 Å². The van der Waals surface area contributed by atoms with Crippen LogP contribution >= 0.6 is 0 Å². The molecule has 1 aliphatic rings. The van der Waals surface area contributed by atoms with Gasteiger partial charge in [0, 0.05) is 18.3 Å². The number of anilines is 1. The molecule has 1 unspecified atom stereocenters. The van der Waals surface area contributed by atoms with Crippen LogP contribution in [-0.2, 0) is 6.42 Å². The lowest BCUT2D eigenvalue weighted by Crippen LogP contribution is -2.25. The first-order valence-corrected chi connectivity index (χ1v) is 5.67. The number of hydrogen-bond donors (Lipinski definition) is 0. The molecule has 1 atom stereocenters. The second kappa shape index (κ2) is 4.04. The van der Waals surface area contributed by atoms with Gasteiger partial charge in [0.2, 0.25) is 0 Å². The molecule has 1 aromatic rings. The topological polar surface area (TPSA) is 3.24 Å². The standard InChI is InChI=1S/C13H19N/c1-3-12-6-8-13(9-7-12)14-10-4-5-11(14)2/h6-9,11H,3-5,10H2,1-2H3. The summed E-state index contributed by atoms with van der Waals surface area (Å²) in [6.07, 6.45) is 3.82. The highest BCUT2D eigenvalue weighted by Gasteiger charge is 2.19. The minimum absolute atomic E-state index is 0.725. The van der Waals surface area contributed by atoms with E-state index in [-0.39, 0.29) is 0 Å². The lowest BCUT2D eigenvalue weighted by atomic mass is 10.1. The number of benzene rings is 1. The van der Waals surface area contributed by atoms with Gasteiger partial charge in [-0.25, -0.2) is 0 Å². The van der Waals surface area contributed by atoms with Crippen molar-refractivity contribution in [3.63, 3.8) is 0 Å². The molecular weight excluding hydrogens is 170 g/mol. The first-order chi connectivity index (χ1) is 6.81. The molecule has 0 aliphatic carbocycles. The molecule has 0 bridgehead atoms. The number of aryl methyl sites for hydroxylation is 1. The largest absolute Gasteiger partial charge is 0.369 e. The van der Waals surface area contributed by atoms with Crippen LogP contribution in [0.3, 0.4) is 0 Å². The van der Waals surface area contributed by atoms with E-state index in [9.17, 15) is 0 Å². The molecule has 0 amide bonds. The Morgan fingerprint density at radius 3 is 2.50 bits per heavy atom. The first kappa shape index (κ1) is 9.57. The van der Waals surface area contributed by atoms with Crippen molar-refractivity contribution in [3.8, 4) is 0 Å². The number of nitrogens with zero attached hydrogens (tertiary/aromatic N) is 1. The molecule has 0 saturated carbocycles. The van der Waals surface area contributed by atoms with Gasteiger partial charge in [-0.3, -0.25) is 0 Å². The maximum absolute atomic E-state index is 2.51. The quantitative estimate of drug-likeness (QED) is 0.690. The Hall–Kier alpha value is -0.980. The fraction of sp³-hybridized carbons (Fsp3) is 0.538. The van der Waals surface area contributed by atoms with Crippen molar-refractivity contribution >= 4 is 5.69 Å². The van der Waals surface area contributed by atoms with Crippen LogP contribution in [0.2, 0.25) is 0 Å². The van der Waals surface area contributed by atoms with Crippen LogP contribution in [0.5, 0.6) is 0 Å². The summed E-state index contributed by atoms with van der Waals surface area (Å²) < 4.78 is 0. The predicted molar refractivity (Wildman–Crippen MR) is 61.9 cm³/mol. The summed E-state index contributed by atoms with van der Waals surface area (Å²) in [4.78, 5) is 2.51. The van der Waals surface area contributed by atoms with Crippen molar-refractivity contribution in [1.82, 2.24) is 0 Å². The third-order valence-electron chi connectivity index (χ3n) is 3.23. The van der Waals surface area contributed by atoms with Crippen molar-refractivity contribution in [2.45, 2.75) is 39.2 Å². The van der Waals surface area contributed by atoms with E-state index in [1.54, 1.807) is 0 Å². The molecule has 1 nitrogen and oxygen atoms in total. The van der Waals surface area contributed by atoms with Crippen LogP contribution in [0, 0.1) is 0 Å². The Bertz CT molecular complexity index is 289. The van der Waals surface area contributed by atoms with Crippen LogP contribution < -0.4 is 4.90 Å². The van der Waals surface area contributed by atoms with Gasteiger partial charge in [-0.05, 0) is 43.9 Å². The van der Waals surface area contributed by atoms with E-state index in [0.29, 0.717) is 0 Å². The van der Waals surface area contributed by atoms with Gasteiger partial charge in [0.25, 0.3) is 0 Å². The fourth-order valence-electron chi connectivity index (χ4n) is 2.24. The average molecular weight is 189 g/mol. The molecule has 14 heavy (non-hydrogen) atoms. The van der Waals surface area contributed by atoms with E-state index in [1.807, 2.05) is 0 Å². The summed E-state index contributed by atoms with van der Waals surface area (Å²) in [6, 6.07) is 9.75. The monoisotopic (exact) mass is 189 g/mol. The third-order valence-corrected chi connectivity index (χ3v) is 3.23. The predicted octanol–water partition coefficient (Wildman–Crippen LogP) is 3.24. The Labute approximate surface area is 86.7 Å². The molecule has 0 radical (unpaired) electrons. The van der Waals surface area contributed by atoms with Crippen LogP contribution in [0.1, 0.15) is 32.3 Å². The Morgan fingerprint density at radius 2 is 2.00 bits per heavy atom. The minimum Gasteiger partial charge on any atom is -0.369 e. The van der Waals surface area contributed by atoms with Crippen LogP contribution in [0.25, 0.3) is 0 Å². The van der Waals surface area contributed by atoms with Gasteiger partial charge < -0.3 is 4.90 Å². The van der Waals surface area contributed by atoms with Gasteiger partial charge in [-0.1, -0.05) is 19.1 Å². The summed E-state index contributed by atoms with van der Waals surface area (Å²) in [5.74, 6) is 0. The van der Waals surface area contributed by atoms with Crippen molar-refractivity contribution in [1.29, 1.82) is 0 Å². The van der Waals surface area contributed by atoms with Gasteiger partial charge in [-0.2, -0.15) is 0 Å². The smallest absolute Gasteiger partial charge is 0.0368 e. The fourth-order valence-corrected chi connectivity index (χ4v) is 2.24. The molecule has 1 heteroatoms. The van der Waals surface area contributed by atoms with E-state index in [4.69, 9.17) is 0 Å². The molecule has 0 aromatic heterocycles. The van der Waals surface area contributed by atoms with Gasteiger partial charge in [0.1, 0.15) is 0 Å². The molecule has 1 aliphatic heterocycles. The summed E-state index contributed by atoms with van der Waals surface area (Å²) in [5.41, 5.74) is 2.83. The van der Waals surface area contributed by atoms with Crippen molar-refractivity contribution in [2.24, 2.45) is 0 Å². The zero-order valence-corrected chi connectivity index (χ0v) is 9.16. The van der Waals surface area contributed by atoms with Crippen molar-refractivity contribution < 1.29 is 0 Å². The number of rotatable bonds is 2. The molecule has 2 rings (SSSR count). The molecular formula is C13H19N. The van der Waals surface area contributed by atoms with E-state index >= 15 is 0 Å². The zero-order valence-electron chi connectivity index (χ0n) is 9.16. The SMILES string of the molecule is CCc1ccc(N2CCCC2C)cc1. The van der Waals surface area contributed by atoms with E-state index < -0.39 is 0 Å². The van der Waals surface area contributed by atoms with Gasteiger partial charge >= 0.3 is 0 Å². The van der Waals surface area contributed by atoms with Crippen LogP contribution in [0.15, 0.2) is 24.3 Å². The molecule has 1 aromatic carbocycles. The highest BCUT2D eigenvalue weighted by Crippen LogP contribution is 2.25. The maximum atomic E-state index is 2.51. The summed E-state index contributed by atoms with van der Waals surface area (Å²) in [7, 11) is 0. The van der Waals surface area contributed by atoms with Crippen LogP contribution in [-0.4, -0.2) is 12.6 Å². The minimum atomic E-state index is 0.725. The van der Waals surface area contributed by atoms with E-state index in [2.05, 4.69) is 43.0 Å². The second-order valence-electron chi connectivity index (χ2n) is 4.20. The maximum Gasteiger partial charge on any atom is 0.0368 e. The highest BCUT2D eigenvalue weighted by atomic mass is 15.2. The van der Waals surface area contributed by atoms with Gasteiger partial charge in [0.15, 0.2) is 0 Å². The first-order valence-electron chi connectivity index (χ1n) is 5.67. The normalized spacial score (nSPS) is 21.6. The zero-order chi connectivity index (χ0) is 9.97. The van der Waals surface area contributed by atoms with Crippen molar-refractivity contribution in [2.75, 3.05) is 11.4 Å². The Kier molecular flexibility index (Phi) is 2.76. The summed E-state index contributed by atoms with van der Waals surface area (Å²) >= 11 is 0. The summed E-state index contributed by atoms with van der Waals surface area (Å²) in [5, 5.41) is 0. The van der Waals surface area contributed by atoms with Gasteiger partial charge in [0.05, 0.1) is 0 Å². The lowest BCUT2D eigenvalue weighted by molar-refractivity contribution is 0.735. The molecule has 0 spiro atoms. The van der Waals surface area contributed by atoms with Crippen LogP contribution in [0.4, 0.5) is 5.69 Å². The molecule has 1 fully saturated rings. The molecule has 0 N–H and O–H groups in total. The Morgan fingerprint density at radius 1 is 1.29 bits per heavy atom. The van der Waals surface area contributed by atoms with Crippen molar-refractivity contribution in [3.05, 3.63) is 29.8 Å². The number of hydrogen-bond acceptors (Lipinski definition) is 1. The highest BCUT2D eigenvalue weighted by molar-refractivity contribution is 5.49. The third kappa shape index (κ3) is 1.77. The summed E-state index contributed by atoms with van der Waals surface area (Å²) in [6.45, 7) is 5.75.